The number of hydrogen-bond donors (Lipinski definition) is 1. The zero-order valence-corrected chi connectivity index (χ0v) is 13.0. The van der Waals surface area contributed by atoms with Crippen LogP contribution in [0.1, 0.15) is 42.9 Å². The molecule has 1 N–H and O–H groups in total. The Balaban J connectivity index is 1.75. The lowest BCUT2D eigenvalue weighted by molar-refractivity contribution is -0.121. The van der Waals surface area contributed by atoms with Gasteiger partial charge in [0.2, 0.25) is 0 Å². The van der Waals surface area contributed by atoms with E-state index in [0.29, 0.717) is 5.92 Å². The van der Waals surface area contributed by atoms with Crippen molar-refractivity contribution in [3.8, 4) is 0 Å². The minimum atomic E-state index is -0.341. The van der Waals surface area contributed by atoms with E-state index in [1.54, 1.807) is 0 Å². The van der Waals surface area contributed by atoms with Gasteiger partial charge in [-0.3, -0.25) is 0 Å². The predicted molar refractivity (Wildman–Crippen MR) is 84.1 cm³/mol. The molecule has 20 heavy (non-hydrogen) atoms. The Morgan fingerprint density at radius 2 is 2.05 bits per heavy atom. The monoisotopic (exact) mass is 292 g/mol. The van der Waals surface area contributed by atoms with Gasteiger partial charge in [-0.15, -0.1) is 0 Å². The van der Waals surface area contributed by atoms with E-state index in [4.69, 9.17) is 4.74 Å². The van der Waals surface area contributed by atoms with E-state index in [2.05, 4.69) is 19.1 Å². The second kappa shape index (κ2) is 6.08. The van der Waals surface area contributed by atoms with Crippen molar-refractivity contribution in [3.63, 3.8) is 0 Å². The number of thioether (sulfide) groups is 1. The van der Waals surface area contributed by atoms with Gasteiger partial charge >= 0.3 is 0 Å². The molecule has 110 valence electrons. The SMILES string of the molecule is Cc1ccccc1C(O)C1CCOC2(CCSCC2)C1. The highest BCUT2D eigenvalue weighted by Gasteiger charge is 2.41. The smallest absolute Gasteiger partial charge is 0.0822 e. The molecule has 2 saturated heterocycles. The van der Waals surface area contributed by atoms with E-state index < -0.39 is 0 Å². The molecule has 1 aromatic carbocycles. The van der Waals surface area contributed by atoms with Gasteiger partial charge in [-0.25, -0.2) is 0 Å². The first-order valence-corrected chi connectivity index (χ1v) is 8.81. The van der Waals surface area contributed by atoms with Crippen molar-refractivity contribution >= 4 is 11.8 Å². The maximum absolute atomic E-state index is 10.8. The van der Waals surface area contributed by atoms with Crippen LogP contribution in [-0.4, -0.2) is 28.8 Å². The van der Waals surface area contributed by atoms with Crippen LogP contribution >= 0.6 is 11.8 Å². The summed E-state index contributed by atoms with van der Waals surface area (Å²) >= 11 is 2.03. The van der Waals surface area contributed by atoms with Crippen LogP contribution in [0.4, 0.5) is 0 Å². The Morgan fingerprint density at radius 3 is 2.80 bits per heavy atom. The number of hydrogen-bond acceptors (Lipinski definition) is 3. The first-order chi connectivity index (χ1) is 9.70. The minimum Gasteiger partial charge on any atom is -0.388 e. The number of ether oxygens (including phenoxy) is 1. The lowest BCUT2D eigenvalue weighted by Crippen LogP contribution is -2.44. The Bertz CT molecular complexity index is 449. The second-order valence-corrected chi connectivity index (χ2v) is 7.42. The molecule has 0 bridgehead atoms. The van der Waals surface area contributed by atoms with Crippen molar-refractivity contribution in [2.24, 2.45) is 5.92 Å². The molecule has 3 rings (SSSR count). The summed E-state index contributed by atoms with van der Waals surface area (Å²) in [5, 5.41) is 10.8. The quantitative estimate of drug-likeness (QED) is 0.901. The Labute approximate surface area is 125 Å². The van der Waals surface area contributed by atoms with Gasteiger partial charge in [-0.05, 0) is 61.2 Å². The highest BCUT2D eigenvalue weighted by Crippen LogP contribution is 2.43. The molecular formula is C17H24O2S. The van der Waals surface area contributed by atoms with Crippen molar-refractivity contribution in [1.29, 1.82) is 0 Å². The summed E-state index contributed by atoms with van der Waals surface area (Å²) in [5.41, 5.74) is 2.34. The van der Waals surface area contributed by atoms with E-state index in [1.165, 1.54) is 17.1 Å². The lowest BCUT2D eigenvalue weighted by Gasteiger charge is -2.44. The summed E-state index contributed by atoms with van der Waals surface area (Å²) in [7, 11) is 0. The van der Waals surface area contributed by atoms with Gasteiger partial charge in [-0.2, -0.15) is 11.8 Å². The van der Waals surface area contributed by atoms with Crippen LogP contribution in [0.25, 0.3) is 0 Å². The molecule has 3 heteroatoms. The van der Waals surface area contributed by atoms with Crippen LogP contribution in [0.3, 0.4) is 0 Å². The van der Waals surface area contributed by atoms with Crippen LogP contribution in [0.2, 0.25) is 0 Å². The molecule has 2 aliphatic heterocycles. The zero-order chi connectivity index (χ0) is 14.0. The largest absolute Gasteiger partial charge is 0.388 e. The third-order valence-electron chi connectivity index (χ3n) is 4.89. The first-order valence-electron chi connectivity index (χ1n) is 7.65. The van der Waals surface area contributed by atoms with E-state index in [-0.39, 0.29) is 11.7 Å². The van der Waals surface area contributed by atoms with Crippen molar-refractivity contribution in [2.75, 3.05) is 18.1 Å². The number of aliphatic hydroxyl groups excluding tert-OH is 1. The first kappa shape index (κ1) is 14.4. The molecule has 2 unspecified atom stereocenters. The molecule has 0 saturated carbocycles. The predicted octanol–water partition coefficient (Wildman–Crippen LogP) is 3.72. The number of aryl methyl sites for hydroxylation is 1. The fraction of sp³-hybridized carbons (Fsp3) is 0.647. The van der Waals surface area contributed by atoms with Gasteiger partial charge in [0, 0.05) is 6.61 Å². The molecule has 2 aliphatic rings. The molecule has 2 nitrogen and oxygen atoms in total. The average molecular weight is 292 g/mol. The molecule has 2 atom stereocenters. The number of benzene rings is 1. The van der Waals surface area contributed by atoms with Gasteiger partial charge in [0.05, 0.1) is 11.7 Å². The highest BCUT2D eigenvalue weighted by molar-refractivity contribution is 7.99. The van der Waals surface area contributed by atoms with Crippen LogP contribution in [-0.2, 0) is 4.74 Å². The molecule has 0 amide bonds. The Kier molecular flexibility index (Phi) is 4.39. The van der Waals surface area contributed by atoms with Crippen molar-refractivity contribution in [2.45, 2.75) is 44.3 Å². The molecule has 2 fully saturated rings. The molecule has 1 aromatic rings. The van der Waals surface area contributed by atoms with Crippen LogP contribution < -0.4 is 0 Å². The van der Waals surface area contributed by atoms with Gasteiger partial charge in [0.1, 0.15) is 0 Å². The second-order valence-electron chi connectivity index (χ2n) is 6.20. The summed E-state index contributed by atoms with van der Waals surface area (Å²) in [6, 6.07) is 8.22. The molecule has 1 spiro atoms. The number of aliphatic hydroxyl groups is 1. The third-order valence-corrected chi connectivity index (χ3v) is 5.87. The van der Waals surface area contributed by atoms with E-state index in [1.807, 2.05) is 23.9 Å². The molecular weight excluding hydrogens is 268 g/mol. The van der Waals surface area contributed by atoms with E-state index >= 15 is 0 Å². The Morgan fingerprint density at radius 1 is 1.30 bits per heavy atom. The highest BCUT2D eigenvalue weighted by atomic mass is 32.2. The van der Waals surface area contributed by atoms with Crippen LogP contribution in [0, 0.1) is 12.8 Å². The van der Waals surface area contributed by atoms with Crippen molar-refractivity contribution in [1.82, 2.24) is 0 Å². The average Bonchev–Trinajstić information content (AvgIpc) is 2.48. The maximum Gasteiger partial charge on any atom is 0.0822 e. The normalized spacial score (nSPS) is 27.4. The van der Waals surface area contributed by atoms with Gasteiger partial charge in [-0.1, -0.05) is 24.3 Å². The topological polar surface area (TPSA) is 29.5 Å². The summed E-state index contributed by atoms with van der Waals surface area (Å²) in [4.78, 5) is 0. The van der Waals surface area contributed by atoms with Gasteiger partial charge < -0.3 is 9.84 Å². The van der Waals surface area contributed by atoms with Gasteiger partial charge in [0.25, 0.3) is 0 Å². The van der Waals surface area contributed by atoms with Crippen molar-refractivity contribution < 1.29 is 9.84 Å². The lowest BCUT2D eigenvalue weighted by atomic mass is 9.77. The van der Waals surface area contributed by atoms with Crippen molar-refractivity contribution in [3.05, 3.63) is 35.4 Å². The summed E-state index contributed by atoms with van der Waals surface area (Å²) < 4.78 is 6.13. The molecule has 2 heterocycles. The van der Waals surface area contributed by atoms with Crippen LogP contribution in [0.15, 0.2) is 24.3 Å². The zero-order valence-electron chi connectivity index (χ0n) is 12.2. The van der Waals surface area contributed by atoms with E-state index in [9.17, 15) is 5.11 Å². The standard InChI is InChI=1S/C17H24O2S/c1-13-4-2-3-5-15(13)16(18)14-6-9-19-17(12-14)7-10-20-11-8-17/h2-5,14,16,18H,6-12H2,1H3. The summed E-state index contributed by atoms with van der Waals surface area (Å²) in [6.45, 7) is 2.89. The molecule has 0 aliphatic carbocycles. The van der Waals surface area contributed by atoms with Gasteiger partial charge in [0.15, 0.2) is 0 Å². The fourth-order valence-corrected chi connectivity index (χ4v) is 4.84. The molecule has 0 aromatic heterocycles. The number of rotatable bonds is 2. The summed E-state index contributed by atoms with van der Waals surface area (Å²) in [6.07, 6.45) is 3.95. The minimum absolute atomic E-state index is 0.0534. The van der Waals surface area contributed by atoms with Crippen LogP contribution in [0.5, 0.6) is 0 Å². The van der Waals surface area contributed by atoms with E-state index in [0.717, 1.165) is 37.9 Å². The Hall–Kier alpha value is -0.510. The maximum atomic E-state index is 10.8. The third kappa shape index (κ3) is 2.90. The fourth-order valence-electron chi connectivity index (χ4n) is 3.60. The summed E-state index contributed by atoms with van der Waals surface area (Å²) in [5.74, 6) is 2.74. The molecule has 0 radical (unpaired) electrons.